The van der Waals surface area contributed by atoms with Crippen molar-refractivity contribution in [3.63, 3.8) is 0 Å². The van der Waals surface area contributed by atoms with Crippen molar-refractivity contribution in [1.29, 1.82) is 0 Å². The number of hydrogen-bond donors (Lipinski definition) is 1. The van der Waals surface area contributed by atoms with E-state index in [1.807, 2.05) is 7.05 Å². The Morgan fingerprint density at radius 3 is 2.32 bits per heavy atom. The molecule has 4 nitrogen and oxygen atoms in total. The number of likely N-dealkylation sites (N-methyl/N-ethyl adjacent to an activating group) is 1. The molecular formula is C17H35IN4. The molecule has 0 radical (unpaired) electrons. The molecule has 1 heterocycles. The average Bonchev–Trinajstić information content (AvgIpc) is 2.96. The van der Waals surface area contributed by atoms with Crippen LogP contribution >= 0.6 is 24.0 Å². The fourth-order valence-corrected chi connectivity index (χ4v) is 4.04. The Hall–Kier alpha value is -0.0400. The van der Waals surface area contributed by atoms with Gasteiger partial charge in [-0.3, -0.25) is 4.99 Å². The molecule has 1 aliphatic carbocycles. The zero-order valence-corrected chi connectivity index (χ0v) is 17.2. The van der Waals surface area contributed by atoms with E-state index in [1.54, 1.807) is 0 Å². The van der Waals surface area contributed by atoms with Gasteiger partial charge in [-0.15, -0.1) is 24.0 Å². The fourth-order valence-electron chi connectivity index (χ4n) is 4.04. The quantitative estimate of drug-likeness (QED) is 0.429. The van der Waals surface area contributed by atoms with Gasteiger partial charge in [-0.25, -0.2) is 0 Å². The number of aliphatic imine (C=N–C) groups is 1. The zero-order chi connectivity index (χ0) is 15.2. The molecular weight excluding hydrogens is 387 g/mol. The molecule has 0 aromatic carbocycles. The van der Waals surface area contributed by atoms with Gasteiger partial charge in [0.2, 0.25) is 0 Å². The summed E-state index contributed by atoms with van der Waals surface area (Å²) < 4.78 is 0. The molecule has 0 bridgehead atoms. The van der Waals surface area contributed by atoms with Crippen LogP contribution in [-0.2, 0) is 0 Å². The minimum Gasteiger partial charge on any atom is -0.355 e. The second-order valence-electron chi connectivity index (χ2n) is 7.24. The maximum absolute atomic E-state index is 4.49. The number of rotatable bonds is 4. The molecule has 2 rings (SSSR count). The number of halogens is 1. The van der Waals surface area contributed by atoms with E-state index in [4.69, 9.17) is 0 Å². The van der Waals surface area contributed by atoms with Gasteiger partial charge in [0.1, 0.15) is 0 Å². The van der Waals surface area contributed by atoms with E-state index in [9.17, 15) is 0 Å². The van der Waals surface area contributed by atoms with E-state index in [0.717, 1.165) is 50.0 Å². The van der Waals surface area contributed by atoms with Crippen molar-refractivity contribution < 1.29 is 0 Å². The Bertz CT molecular complexity index is 332. The van der Waals surface area contributed by atoms with Crippen LogP contribution < -0.4 is 5.32 Å². The van der Waals surface area contributed by atoms with Crippen LogP contribution in [-0.4, -0.2) is 62.1 Å². The SMILES string of the molecule is CN=C(NCCN(C)C1CCCC1)N1CC(C)CC(C)C1.I. The average molecular weight is 422 g/mol. The molecule has 0 aromatic rings. The van der Waals surface area contributed by atoms with Crippen molar-refractivity contribution in [3.8, 4) is 0 Å². The topological polar surface area (TPSA) is 30.9 Å². The van der Waals surface area contributed by atoms with Gasteiger partial charge in [-0.1, -0.05) is 26.7 Å². The Kier molecular flexibility index (Phi) is 9.05. The third-order valence-corrected chi connectivity index (χ3v) is 5.08. The molecule has 2 aliphatic rings. The summed E-state index contributed by atoms with van der Waals surface area (Å²) in [6.07, 6.45) is 6.93. The van der Waals surface area contributed by atoms with Crippen LogP contribution in [0.15, 0.2) is 4.99 Å². The lowest BCUT2D eigenvalue weighted by Crippen LogP contribution is -2.50. The number of guanidine groups is 1. The maximum Gasteiger partial charge on any atom is 0.193 e. The summed E-state index contributed by atoms with van der Waals surface area (Å²) in [5, 5.41) is 3.57. The van der Waals surface area contributed by atoms with E-state index in [1.165, 1.54) is 32.1 Å². The number of hydrogen-bond acceptors (Lipinski definition) is 2. The first-order chi connectivity index (χ1) is 10.1. The van der Waals surface area contributed by atoms with Gasteiger partial charge in [0.25, 0.3) is 0 Å². The predicted octanol–water partition coefficient (Wildman–Crippen LogP) is 3.03. The Balaban J connectivity index is 0.00000242. The van der Waals surface area contributed by atoms with Crippen molar-refractivity contribution in [3.05, 3.63) is 0 Å². The number of nitrogens with zero attached hydrogens (tertiary/aromatic N) is 3. The number of likely N-dealkylation sites (tertiary alicyclic amines) is 1. The molecule has 5 heteroatoms. The van der Waals surface area contributed by atoms with E-state index in [0.29, 0.717) is 0 Å². The van der Waals surface area contributed by atoms with Crippen molar-refractivity contribution >= 4 is 29.9 Å². The molecule has 1 aliphatic heterocycles. The van der Waals surface area contributed by atoms with E-state index < -0.39 is 0 Å². The molecule has 1 N–H and O–H groups in total. The maximum atomic E-state index is 4.49. The van der Waals surface area contributed by atoms with Crippen LogP contribution in [0.4, 0.5) is 0 Å². The van der Waals surface area contributed by atoms with Crippen molar-refractivity contribution in [2.45, 2.75) is 52.0 Å². The highest BCUT2D eigenvalue weighted by atomic mass is 127. The summed E-state index contributed by atoms with van der Waals surface area (Å²) >= 11 is 0. The van der Waals surface area contributed by atoms with Gasteiger partial charge in [0.05, 0.1) is 0 Å². The van der Waals surface area contributed by atoms with Crippen molar-refractivity contribution in [2.75, 3.05) is 40.3 Å². The van der Waals surface area contributed by atoms with Crippen LogP contribution in [0.2, 0.25) is 0 Å². The highest BCUT2D eigenvalue weighted by molar-refractivity contribution is 14.0. The fraction of sp³-hybridized carbons (Fsp3) is 0.941. The van der Waals surface area contributed by atoms with Gasteiger partial charge in [-0.05, 0) is 38.1 Å². The van der Waals surface area contributed by atoms with Gasteiger partial charge in [0.15, 0.2) is 5.96 Å². The van der Waals surface area contributed by atoms with Crippen molar-refractivity contribution in [1.82, 2.24) is 15.1 Å². The predicted molar refractivity (Wildman–Crippen MR) is 106 cm³/mol. The standard InChI is InChI=1S/C17H34N4.HI/c1-14-11-15(2)13-21(12-14)17(18-3)19-9-10-20(4)16-7-5-6-8-16;/h14-16H,5-13H2,1-4H3,(H,18,19);1H. The van der Waals surface area contributed by atoms with Gasteiger partial charge < -0.3 is 15.1 Å². The molecule has 130 valence electrons. The second kappa shape index (κ2) is 9.96. The summed E-state index contributed by atoms with van der Waals surface area (Å²) in [6.45, 7) is 9.10. The Morgan fingerprint density at radius 1 is 1.18 bits per heavy atom. The molecule has 0 aromatic heterocycles. The second-order valence-corrected chi connectivity index (χ2v) is 7.24. The smallest absolute Gasteiger partial charge is 0.193 e. The number of nitrogens with one attached hydrogen (secondary N) is 1. The monoisotopic (exact) mass is 422 g/mol. The zero-order valence-electron chi connectivity index (χ0n) is 14.8. The van der Waals surface area contributed by atoms with Crippen LogP contribution in [0.1, 0.15) is 46.0 Å². The summed E-state index contributed by atoms with van der Waals surface area (Å²) in [4.78, 5) is 9.45. The third-order valence-electron chi connectivity index (χ3n) is 5.08. The first kappa shape index (κ1) is 20.0. The van der Waals surface area contributed by atoms with Gasteiger partial charge >= 0.3 is 0 Å². The summed E-state index contributed by atoms with van der Waals surface area (Å²) in [6, 6.07) is 0.809. The summed E-state index contributed by atoms with van der Waals surface area (Å²) in [5.74, 6) is 2.63. The molecule has 22 heavy (non-hydrogen) atoms. The summed E-state index contributed by atoms with van der Waals surface area (Å²) in [7, 11) is 4.18. The van der Waals surface area contributed by atoms with Crippen LogP contribution in [0, 0.1) is 11.8 Å². The van der Waals surface area contributed by atoms with Crippen LogP contribution in [0.3, 0.4) is 0 Å². The molecule has 1 saturated heterocycles. The van der Waals surface area contributed by atoms with Crippen molar-refractivity contribution in [2.24, 2.45) is 16.8 Å². The van der Waals surface area contributed by atoms with E-state index in [-0.39, 0.29) is 24.0 Å². The Morgan fingerprint density at radius 2 is 1.77 bits per heavy atom. The summed E-state index contributed by atoms with van der Waals surface area (Å²) in [5.41, 5.74) is 0. The first-order valence-electron chi connectivity index (χ1n) is 8.76. The molecule has 2 atom stereocenters. The Labute approximate surface area is 154 Å². The highest BCUT2D eigenvalue weighted by Gasteiger charge is 2.24. The van der Waals surface area contributed by atoms with Crippen LogP contribution in [0.5, 0.6) is 0 Å². The van der Waals surface area contributed by atoms with Gasteiger partial charge in [0, 0.05) is 39.3 Å². The lowest BCUT2D eigenvalue weighted by molar-refractivity contribution is 0.206. The first-order valence-corrected chi connectivity index (χ1v) is 8.76. The largest absolute Gasteiger partial charge is 0.355 e. The lowest BCUT2D eigenvalue weighted by atomic mass is 9.92. The highest BCUT2D eigenvalue weighted by Crippen LogP contribution is 2.22. The molecule has 0 amide bonds. The van der Waals surface area contributed by atoms with E-state index >= 15 is 0 Å². The molecule has 2 fully saturated rings. The molecule has 2 unspecified atom stereocenters. The minimum absolute atomic E-state index is 0. The lowest BCUT2D eigenvalue weighted by Gasteiger charge is -2.37. The minimum atomic E-state index is 0. The van der Waals surface area contributed by atoms with Crippen LogP contribution in [0.25, 0.3) is 0 Å². The third kappa shape index (κ3) is 5.87. The molecule has 1 saturated carbocycles. The van der Waals surface area contributed by atoms with E-state index in [2.05, 4.69) is 41.0 Å². The number of piperidine rings is 1. The normalized spacial score (nSPS) is 27.1. The molecule has 0 spiro atoms. The van der Waals surface area contributed by atoms with Gasteiger partial charge in [-0.2, -0.15) is 0 Å².